The molecule has 2 aromatic heterocycles. The van der Waals surface area contributed by atoms with Crippen molar-refractivity contribution in [2.45, 2.75) is 20.0 Å². The second-order valence-corrected chi connectivity index (χ2v) is 7.95. The molecule has 0 saturated heterocycles. The first kappa shape index (κ1) is 19.8. The van der Waals surface area contributed by atoms with Crippen LogP contribution in [0, 0.1) is 6.92 Å². The summed E-state index contributed by atoms with van der Waals surface area (Å²) in [5, 5.41) is 1.76. The number of aryl methyl sites for hydroxylation is 1. The third-order valence-electron chi connectivity index (χ3n) is 4.99. The maximum absolute atomic E-state index is 13.2. The predicted octanol–water partition coefficient (Wildman–Crippen LogP) is 3.47. The molecule has 0 radical (unpaired) electrons. The number of thiophene rings is 1. The first-order valence-electron chi connectivity index (χ1n) is 9.41. The molecular formula is C23H20N2O4S. The van der Waals surface area contributed by atoms with Crippen molar-refractivity contribution in [3.05, 3.63) is 97.5 Å². The van der Waals surface area contributed by atoms with Crippen molar-refractivity contribution in [3.8, 4) is 5.75 Å². The summed E-state index contributed by atoms with van der Waals surface area (Å²) in [6.07, 6.45) is 0. The average molecular weight is 420 g/mol. The Labute approximate surface area is 176 Å². The normalized spacial score (nSPS) is 11.0. The van der Waals surface area contributed by atoms with E-state index < -0.39 is 5.69 Å². The smallest absolute Gasteiger partial charge is 0.332 e. The highest BCUT2D eigenvalue weighted by Crippen LogP contribution is 2.18. The summed E-state index contributed by atoms with van der Waals surface area (Å²) >= 11 is 1.27. The number of Topliss-reactive ketones (excluding diaryl/α,β-unsaturated/α-hetero) is 1. The van der Waals surface area contributed by atoms with Gasteiger partial charge in [-0.2, -0.15) is 0 Å². The molecule has 0 atom stereocenters. The van der Waals surface area contributed by atoms with E-state index in [1.807, 2.05) is 31.2 Å². The fraction of sp³-hybridized carbons (Fsp3) is 0.174. The van der Waals surface area contributed by atoms with Gasteiger partial charge in [0.15, 0.2) is 5.78 Å². The Bertz CT molecular complexity index is 1350. The van der Waals surface area contributed by atoms with E-state index in [-0.39, 0.29) is 24.4 Å². The lowest BCUT2D eigenvalue weighted by molar-refractivity contribution is 0.0971. The van der Waals surface area contributed by atoms with Crippen LogP contribution in [0.2, 0.25) is 0 Å². The van der Waals surface area contributed by atoms with Gasteiger partial charge < -0.3 is 4.74 Å². The van der Waals surface area contributed by atoms with E-state index >= 15 is 0 Å². The first-order valence-corrected chi connectivity index (χ1v) is 10.3. The quantitative estimate of drug-likeness (QED) is 0.448. The molecule has 6 nitrogen and oxygen atoms in total. The zero-order chi connectivity index (χ0) is 21.3. The average Bonchev–Trinajstić information content (AvgIpc) is 3.25. The zero-order valence-electron chi connectivity index (χ0n) is 16.6. The minimum absolute atomic E-state index is 0.152. The van der Waals surface area contributed by atoms with Gasteiger partial charge in [-0.3, -0.25) is 18.7 Å². The van der Waals surface area contributed by atoms with Crippen LogP contribution in [0.25, 0.3) is 10.2 Å². The first-order chi connectivity index (χ1) is 14.5. The van der Waals surface area contributed by atoms with Gasteiger partial charge in [-0.15, -0.1) is 11.3 Å². The Balaban J connectivity index is 1.78. The van der Waals surface area contributed by atoms with E-state index in [4.69, 9.17) is 4.74 Å². The van der Waals surface area contributed by atoms with Crippen LogP contribution in [0.15, 0.2) is 69.6 Å². The second kappa shape index (κ2) is 8.12. The SMILES string of the molecule is COc1cccc(C(=O)Cn2c(=O)n(Cc3ccc(C)cc3)c(=O)c3sccc32)c1. The van der Waals surface area contributed by atoms with Gasteiger partial charge in [0, 0.05) is 5.56 Å². The topological polar surface area (TPSA) is 70.3 Å². The highest BCUT2D eigenvalue weighted by molar-refractivity contribution is 7.17. The van der Waals surface area contributed by atoms with Crippen molar-refractivity contribution in [1.29, 1.82) is 0 Å². The fourth-order valence-electron chi connectivity index (χ4n) is 3.33. The van der Waals surface area contributed by atoms with Gasteiger partial charge in [0.1, 0.15) is 10.4 Å². The molecule has 0 aliphatic heterocycles. The lowest BCUT2D eigenvalue weighted by Gasteiger charge is -2.12. The van der Waals surface area contributed by atoms with Crippen LogP contribution in [0.1, 0.15) is 21.5 Å². The van der Waals surface area contributed by atoms with E-state index in [1.165, 1.54) is 27.6 Å². The molecule has 4 rings (SSSR count). The fourth-order valence-corrected chi connectivity index (χ4v) is 4.18. The highest BCUT2D eigenvalue weighted by atomic mass is 32.1. The Kier molecular flexibility index (Phi) is 5.37. The number of aromatic nitrogens is 2. The maximum atomic E-state index is 13.2. The van der Waals surface area contributed by atoms with Gasteiger partial charge in [-0.05, 0) is 36.1 Å². The number of nitrogens with zero attached hydrogens (tertiary/aromatic N) is 2. The van der Waals surface area contributed by atoms with Crippen molar-refractivity contribution >= 4 is 27.3 Å². The molecule has 7 heteroatoms. The molecular weight excluding hydrogens is 400 g/mol. The number of carbonyl (C=O) groups excluding carboxylic acids is 1. The summed E-state index contributed by atoms with van der Waals surface area (Å²) < 4.78 is 8.22. The molecule has 0 amide bonds. The van der Waals surface area contributed by atoms with Crippen molar-refractivity contribution < 1.29 is 9.53 Å². The number of fused-ring (bicyclic) bond motifs is 1. The third-order valence-corrected chi connectivity index (χ3v) is 5.88. The van der Waals surface area contributed by atoms with Gasteiger partial charge in [-0.1, -0.05) is 42.0 Å². The van der Waals surface area contributed by atoms with Crippen LogP contribution >= 0.6 is 11.3 Å². The minimum Gasteiger partial charge on any atom is -0.497 e. The van der Waals surface area contributed by atoms with Gasteiger partial charge >= 0.3 is 5.69 Å². The molecule has 0 aliphatic rings. The predicted molar refractivity (Wildman–Crippen MR) is 118 cm³/mol. The number of hydrogen-bond donors (Lipinski definition) is 0. The molecule has 4 aromatic rings. The van der Waals surface area contributed by atoms with Gasteiger partial charge in [-0.25, -0.2) is 4.79 Å². The summed E-state index contributed by atoms with van der Waals surface area (Å²) in [6.45, 7) is 1.97. The van der Waals surface area contributed by atoms with E-state index in [2.05, 4.69) is 0 Å². The lowest BCUT2D eigenvalue weighted by Crippen LogP contribution is -2.40. The van der Waals surface area contributed by atoms with Crippen molar-refractivity contribution in [1.82, 2.24) is 9.13 Å². The molecule has 0 N–H and O–H groups in total. The molecule has 0 fully saturated rings. The Morgan fingerprint density at radius 2 is 1.80 bits per heavy atom. The third kappa shape index (κ3) is 3.71. The zero-order valence-corrected chi connectivity index (χ0v) is 17.4. The molecule has 30 heavy (non-hydrogen) atoms. The molecule has 0 unspecified atom stereocenters. The number of benzene rings is 2. The van der Waals surface area contributed by atoms with Gasteiger partial charge in [0.25, 0.3) is 5.56 Å². The Morgan fingerprint density at radius 3 is 2.53 bits per heavy atom. The number of methoxy groups -OCH3 is 1. The van der Waals surface area contributed by atoms with E-state index in [0.29, 0.717) is 21.5 Å². The standard InChI is InChI=1S/C23H20N2O4S/c1-15-6-8-16(9-7-15)13-25-22(27)21-19(10-11-30-21)24(23(25)28)14-20(26)17-4-3-5-18(12-17)29-2/h3-12H,13-14H2,1-2H3. The van der Waals surface area contributed by atoms with Crippen LogP contribution in [-0.4, -0.2) is 22.0 Å². The number of carbonyl (C=O) groups is 1. The van der Waals surface area contributed by atoms with Crippen LogP contribution in [0.4, 0.5) is 0 Å². The van der Waals surface area contributed by atoms with Gasteiger partial charge in [0.2, 0.25) is 0 Å². The molecule has 0 bridgehead atoms. The van der Waals surface area contributed by atoms with Crippen LogP contribution in [0.3, 0.4) is 0 Å². The number of hydrogen-bond acceptors (Lipinski definition) is 5. The van der Waals surface area contributed by atoms with Gasteiger partial charge in [0.05, 0.1) is 25.7 Å². The molecule has 2 heterocycles. The van der Waals surface area contributed by atoms with Crippen LogP contribution < -0.4 is 16.0 Å². The number of rotatable bonds is 6. The summed E-state index contributed by atoms with van der Waals surface area (Å²) in [6, 6.07) is 16.2. The summed E-state index contributed by atoms with van der Waals surface area (Å²) in [5.74, 6) is 0.335. The lowest BCUT2D eigenvalue weighted by atomic mass is 10.1. The molecule has 0 spiro atoms. The van der Waals surface area contributed by atoms with E-state index in [0.717, 1.165) is 11.1 Å². The van der Waals surface area contributed by atoms with Crippen molar-refractivity contribution in [2.24, 2.45) is 0 Å². The highest BCUT2D eigenvalue weighted by Gasteiger charge is 2.17. The van der Waals surface area contributed by atoms with Crippen LogP contribution in [-0.2, 0) is 13.1 Å². The van der Waals surface area contributed by atoms with Crippen molar-refractivity contribution in [3.63, 3.8) is 0 Å². The Hall–Kier alpha value is -3.45. The monoisotopic (exact) mass is 420 g/mol. The number of ether oxygens (including phenoxy) is 1. The molecule has 0 saturated carbocycles. The second-order valence-electron chi connectivity index (χ2n) is 7.04. The van der Waals surface area contributed by atoms with Crippen molar-refractivity contribution in [2.75, 3.05) is 7.11 Å². The minimum atomic E-state index is -0.497. The summed E-state index contributed by atoms with van der Waals surface area (Å²) in [4.78, 5) is 39.0. The summed E-state index contributed by atoms with van der Waals surface area (Å²) in [5.41, 5.74) is 2.04. The summed E-state index contributed by atoms with van der Waals surface area (Å²) in [7, 11) is 1.53. The largest absolute Gasteiger partial charge is 0.497 e. The number of ketones is 1. The molecule has 152 valence electrons. The maximum Gasteiger partial charge on any atom is 0.332 e. The molecule has 0 aliphatic carbocycles. The van der Waals surface area contributed by atoms with E-state index in [9.17, 15) is 14.4 Å². The Morgan fingerprint density at radius 1 is 1.03 bits per heavy atom. The molecule has 2 aromatic carbocycles. The van der Waals surface area contributed by atoms with E-state index in [1.54, 1.807) is 35.7 Å². The van der Waals surface area contributed by atoms with Crippen LogP contribution in [0.5, 0.6) is 5.75 Å².